The molecule has 7 nitrogen and oxygen atoms in total. The lowest BCUT2D eigenvalue weighted by Crippen LogP contribution is -2.29. The van der Waals surface area contributed by atoms with Crippen molar-refractivity contribution >= 4 is 38.5 Å². The minimum Gasteiger partial charge on any atom is -0.493 e. The van der Waals surface area contributed by atoms with Crippen molar-refractivity contribution in [1.82, 2.24) is 0 Å². The number of carbonyl (C=O) groups is 1. The van der Waals surface area contributed by atoms with E-state index in [1.165, 1.54) is 39.5 Å². The van der Waals surface area contributed by atoms with E-state index in [0.29, 0.717) is 10.0 Å². The van der Waals surface area contributed by atoms with E-state index in [4.69, 9.17) is 18.6 Å². The Labute approximate surface area is 222 Å². The lowest BCUT2D eigenvalue weighted by Gasteiger charge is -2.27. The van der Waals surface area contributed by atoms with Crippen LogP contribution in [0.3, 0.4) is 0 Å². The Bertz CT molecular complexity index is 1620. The Hall–Kier alpha value is -3.99. The summed E-state index contributed by atoms with van der Waals surface area (Å²) < 4.78 is 63.5. The van der Waals surface area contributed by atoms with Crippen LogP contribution in [0.15, 0.2) is 68.3 Å². The molecule has 196 valence electrons. The molecule has 1 aromatic heterocycles. The van der Waals surface area contributed by atoms with Gasteiger partial charge < -0.3 is 18.6 Å². The SMILES string of the molecule is COc1cc(C2c3c(oc4ccc(Br)cc4c3=O)C(=O)N2c2cccc(C(F)(F)F)c2)cc(OC)c1OC. The molecule has 1 aliphatic heterocycles. The van der Waals surface area contributed by atoms with Crippen molar-refractivity contribution in [3.63, 3.8) is 0 Å². The highest BCUT2D eigenvalue weighted by Crippen LogP contribution is 2.47. The number of amides is 1. The third kappa shape index (κ3) is 4.07. The van der Waals surface area contributed by atoms with E-state index in [-0.39, 0.29) is 45.2 Å². The van der Waals surface area contributed by atoms with Gasteiger partial charge in [0.15, 0.2) is 16.9 Å². The molecule has 0 radical (unpaired) electrons. The number of carbonyl (C=O) groups excluding carboxylic acids is 1. The van der Waals surface area contributed by atoms with Gasteiger partial charge in [0.2, 0.25) is 11.5 Å². The van der Waals surface area contributed by atoms with E-state index in [9.17, 15) is 22.8 Å². The molecule has 2 heterocycles. The predicted molar refractivity (Wildman–Crippen MR) is 136 cm³/mol. The molecule has 1 atom stereocenters. The minimum absolute atomic E-state index is 0.0210. The third-order valence-corrected chi connectivity index (χ3v) is 6.78. The minimum atomic E-state index is -4.65. The molecule has 3 aromatic carbocycles. The average Bonchev–Trinajstić information content (AvgIpc) is 3.20. The number of ether oxygens (including phenoxy) is 3. The van der Waals surface area contributed by atoms with Crippen LogP contribution in [0.25, 0.3) is 11.0 Å². The molecule has 0 fully saturated rings. The second kappa shape index (κ2) is 9.39. The van der Waals surface area contributed by atoms with Crippen LogP contribution in [0.4, 0.5) is 18.9 Å². The standard InChI is InChI=1S/C27H19BrF3NO6/c1-35-19-9-13(10-20(36-2)24(19)37-3)22-21-23(33)17-12-15(28)7-8-18(17)38-25(21)26(34)32(22)16-6-4-5-14(11-16)27(29,30)31/h4-12,22H,1-3H3. The topological polar surface area (TPSA) is 78.2 Å². The van der Waals surface area contributed by atoms with E-state index in [2.05, 4.69) is 15.9 Å². The van der Waals surface area contributed by atoms with Crippen LogP contribution in [-0.2, 0) is 6.18 Å². The number of anilines is 1. The second-order valence-corrected chi connectivity index (χ2v) is 9.31. The first-order chi connectivity index (χ1) is 18.1. The van der Waals surface area contributed by atoms with Crippen molar-refractivity contribution in [3.8, 4) is 17.2 Å². The summed E-state index contributed by atoms with van der Waals surface area (Å²) in [5.41, 5.74) is -1.03. The van der Waals surface area contributed by atoms with Gasteiger partial charge in [0, 0.05) is 10.2 Å². The summed E-state index contributed by atoms with van der Waals surface area (Å²) in [6.45, 7) is 0. The number of hydrogen-bond donors (Lipinski definition) is 0. The van der Waals surface area contributed by atoms with Crippen molar-refractivity contribution in [2.24, 2.45) is 0 Å². The smallest absolute Gasteiger partial charge is 0.416 e. The zero-order chi connectivity index (χ0) is 27.4. The molecule has 1 unspecified atom stereocenters. The molecular weight excluding hydrogens is 571 g/mol. The summed E-state index contributed by atoms with van der Waals surface area (Å²) in [4.78, 5) is 28.7. The van der Waals surface area contributed by atoms with E-state index in [1.807, 2.05) is 0 Å². The van der Waals surface area contributed by atoms with Gasteiger partial charge in [-0.25, -0.2) is 0 Å². The Morgan fingerprint density at radius 2 is 1.61 bits per heavy atom. The third-order valence-electron chi connectivity index (χ3n) is 6.29. The monoisotopic (exact) mass is 589 g/mol. The van der Waals surface area contributed by atoms with Gasteiger partial charge in [-0.15, -0.1) is 0 Å². The van der Waals surface area contributed by atoms with Crippen molar-refractivity contribution in [3.05, 3.63) is 91.7 Å². The summed E-state index contributed by atoms with van der Waals surface area (Å²) in [6.07, 6.45) is -4.65. The molecule has 0 bridgehead atoms. The molecule has 0 saturated heterocycles. The van der Waals surface area contributed by atoms with Gasteiger partial charge >= 0.3 is 6.18 Å². The number of alkyl halides is 3. The van der Waals surface area contributed by atoms with Crippen LogP contribution >= 0.6 is 15.9 Å². The number of halogens is 4. The Balaban J connectivity index is 1.84. The first kappa shape index (κ1) is 25.7. The van der Waals surface area contributed by atoms with Crippen molar-refractivity contribution in [2.45, 2.75) is 12.2 Å². The molecule has 38 heavy (non-hydrogen) atoms. The first-order valence-electron chi connectivity index (χ1n) is 11.2. The van der Waals surface area contributed by atoms with Crippen molar-refractivity contribution < 1.29 is 36.6 Å². The Morgan fingerprint density at radius 3 is 2.21 bits per heavy atom. The molecule has 1 amide bonds. The van der Waals surface area contributed by atoms with E-state index in [1.54, 1.807) is 24.3 Å². The fraction of sp³-hybridized carbons (Fsp3) is 0.185. The maximum absolute atomic E-state index is 13.8. The van der Waals surface area contributed by atoms with Crippen molar-refractivity contribution in [2.75, 3.05) is 26.2 Å². The van der Waals surface area contributed by atoms with Gasteiger partial charge in [0.05, 0.1) is 43.9 Å². The van der Waals surface area contributed by atoms with E-state index >= 15 is 0 Å². The molecule has 0 N–H and O–H groups in total. The van der Waals surface area contributed by atoms with Gasteiger partial charge in [-0.05, 0) is 54.1 Å². The number of methoxy groups -OCH3 is 3. The van der Waals surface area contributed by atoms with Crippen LogP contribution in [-0.4, -0.2) is 27.2 Å². The molecular formula is C27H19BrF3NO6. The largest absolute Gasteiger partial charge is 0.493 e. The lowest BCUT2D eigenvalue weighted by atomic mass is 9.97. The molecule has 1 aliphatic rings. The average molecular weight is 590 g/mol. The number of rotatable bonds is 5. The normalized spacial score (nSPS) is 15.1. The highest BCUT2D eigenvalue weighted by atomic mass is 79.9. The van der Waals surface area contributed by atoms with Crippen LogP contribution in [0, 0.1) is 0 Å². The van der Waals surface area contributed by atoms with Crippen LogP contribution in [0.2, 0.25) is 0 Å². The zero-order valence-electron chi connectivity index (χ0n) is 20.2. The summed E-state index contributed by atoms with van der Waals surface area (Å²) in [5.74, 6) is -0.288. The summed E-state index contributed by atoms with van der Waals surface area (Å²) in [6, 6.07) is 11.0. The van der Waals surface area contributed by atoms with E-state index in [0.717, 1.165) is 17.0 Å². The maximum Gasteiger partial charge on any atom is 0.416 e. The van der Waals surface area contributed by atoms with Gasteiger partial charge in [-0.3, -0.25) is 14.5 Å². The van der Waals surface area contributed by atoms with Gasteiger partial charge in [0.1, 0.15) is 5.58 Å². The van der Waals surface area contributed by atoms with Crippen LogP contribution in [0.1, 0.15) is 33.3 Å². The quantitative estimate of drug-likeness (QED) is 0.270. The van der Waals surface area contributed by atoms with Gasteiger partial charge in [0.25, 0.3) is 5.91 Å². The molecule has 0 saturated carbocycles. The summed E-state index contributed by atoms with van der Waals surface area (Å²) >= 11 is 3.34. The second-order valence-electron chi connectivity index (χ2n) is 8.40. The van der Waals surface area contributed by atoms with Crippen LogP contribution < -0.4 is 24.5 Å². The fourth-order valence-electron chi connectivity index (χ4n) is 4.62. The van der Waals surface area contributed by atoms with E-state index < -0.39 is 29.1 Å². The molecule has 4 aromatic rings. The highest BCUT2D eigenvalue weighted by molar-refractivity contribution is 9.10. The van der Waals surface area contributed by atoms with Gasteiger partial charge in [-0.1, -0.05) is 22.0 Å². The summed E-state index contributed by atoms with van der Waals surface area (Å²) in [7, 11) is 4.22. The molecule has 5 rings (SSSR count). The predicted octanol–water partition coefficient (Wildman–Crippen LogP) is 6.35. The van der Waals surface area contributed by atoms with Crippen molar-refractivity contribution in [1.29, 1.82) is 0 Å². The molecule has 0 aliphatic carbocycles. The maximum atomic E-state index is 13.8. The number of hydrogen-bond acceptors (Lipinski definition) is 6. The Kier molecular flexibility index (Phi) is 6.34. The highest BCUT2D eigenvalue weighted by Gasteiger charge is 2.45. The number of fused-ring (bicyclic) bond motifs is 2. The lowest BCUT2D eigenvalue weighted by molar-refractivity contribution is -0.137. The Morgan fingerprint density at radius 1 is 0.921 bits per heavy atom. The van der Waals surface area contributed by atoms with Gasteiger partial charge in [-0.2, -0.15) is 13.2 Å². The first-order valence-corrected chi connectivity index (χ1v) is 11.9. The summed E-state index contributed by atoms with van der Waals surface area (Å²) in [5, 5.41) is 0.203. The molecule has 11 heteroatoms. The zero-order valence-corrected chi connectivity index (χ0v) is 21.8. The fourth-order valence-corrected chi connectivity index (χ4v) is 4.98. The number of nitrogens with zero attached hydrogens (tertiary/aromatic N) is 1. The molecule has 0 spiro atoms. The van der Waals surface area contributed by atoms with Crippen LogP contribution in [0.5, 0.6) is 17.2 Å². The number of benzene rings is 3.